The smallest absolute Gasteiger partial charge is 0.177 e. The van der Waals surface area contributed by atoms with Gasteiger partial charge in [0.1, 0.15) is 5.82 Å². The highest BCUT2D eigenvalue weighted by Crippen LogP contribution is 2.31. The van der Waals surface area contributed by atoms with Crippen LogP contribution in [0.3, 0.4) is 0 Å². The zero-order valence-electron chi connectivity index (χ0n) is 11.4. The summed E-state index contributed by atoms with van der Waals surface area (Å²) < 4.78 is 12.8. The Bertz CT molecular complexity index is 605. The zero-order chi connectivity index (χ0) is 14.7. The molecule has 5 heteroatoms. The van der Waals surface area contributed by atoms with Gasteiger partial charge in [-0.2, -0.15) is 0 Å². The van der Waals surface area contributed by atoms with Gasteiger partial charge in [0, 0.05) is 12.5 Å². The molecule has 0 bridgehead atoms. The second-order valence-electron chi connectivity index (χ2n) is 4.89. The molecule has 0 fully saturated rings. The van der Waals surface area contributed by atoms with E-state index >= 15 is 0 Å². The molecule has 0 atom stereocenters. The van der Waals surface area contributed by atoms with Crippen molar-refractivity contribution in [2.45, 2.75) is 20.4 Å². The molecule has 2 rings (SSSR count). The summed E-state index contributed by atoms with van der Waals surface area (Å²) in [6.45, 7) is 4.27. The van der Waals surface area contributed by atoms with Gasteiger partial charge in [-0.25, -0.2) is 4.39 Å². The van der Waals surface area contributed by atoms with E-state index in [0.29, 0.717) is 17.1 Å². The van der Waals surface area contributed by atoms with Crippen LogP contribution in [-0.2, 0) is 6.54 Å². The summed E-state index contributed by atoms with van der Waals surface area (Å²) in [6.07, 6.45) is 0. The monoisotopic (exact) mass is 292 g/mol. The number of carbonyl (C=O) groups is 1. The normalized spacial score (nSPS) is 10.8. The number of carbonyl (C=O) groups excluding carboxylic acids is 1. The van der Waals surface area contributed by atoms with Gasteiger partial charge in [0.2, 0.25) is 0 Å². The lowest BCUT2D eigenvalue weighted by molar-refractivity contribution is 0.0944. The summed E-state index contributed by atoms with van der Waals surface area (Å²) in [7, 11) is 0. The molecule has 0 aliphatic rings. The lowest BCUT2D eigenvalue weighted by Gasteiger charge is -2.03. The largest absolute Gasteiger partial charge is 0.397 e. The highest BCUT2D eigenvalue weighted by atomic mass is 32.1. The van der Waals surface area contributed by atoms with Gasteiger partial charge >= 0.3 is 0 Å². The van der Waals surface area contributed by atoms with Crippen molar-refractivity contribution in [2.24, 2.45) is 5.92 Å². The number of ketones is 1. The van der Waals surface area contributed by atoms with Crippen molar-refractivity contribution in [2.75, 3.05) is 11.1 Å². The molecule has 0 saturated carbocycles. The zero-order valence-corrected chi connectivity index (χ0v) is 12.3. The highest BCUT2D eigenvalue weighted by molar-refractivity contribution is 7.18. The van der Waals surface area contributed by atoms with E-state index < -0.39 is 0 Å². The molecular weight excluding hydrogens is 275 g/mol. The molecule has 1 heterocycles. The first-order valence-electron chi connectivity index (χ1n) is 6.39. The summed E-state index contributed by atoms with van der Waals surface area (Å²) in [5, 5.41) is 4.04. The number of nitrogen functional groups attached to an aromatic ring is 1. The van der Waals surface area contributed by atoms with Gasteiger partial charge in [-0.1, -0.05) is 26.0 Å². The second-order valence-corrected chi connectivity index (χ2v) is 5.95. The van der Waals surface area contributed by atoms with Crippen LogP contribution in [0.5, 0.6) is 0 Å². The summed E-state index contributed by atoms with van der Waals surface area (Å²) in [5.41, 5.74) is 7.35. The maximum atomic E-state index is 12.8. The third-order valence-corrected chi connectivity index (χ3v) is 4.01. The topological polar surface area (TPSA) is 55.1 Å². The lowest BCUT2D eigenvalue weighted by atomic mass is 10.1. The van der Waals surface area contributed by atoms with E-state index in [0.717, 1.165) is 10.6 Å². The molecule has 0 aliphatic heterocycles. The molecular formula is C15H17FN2OS. The van der Waals surface area contributed by atoms with Crippen LogP contribution < -0.4 is 11.1 Å². The minimum Gasteiger partial charge on any atom is -0.397 e. The fourth-order valence-corrected chi connectivity index (χ4v) is 2.80. The van der Waals surface area contributed by atoms with Crippen molar-refractivity contribution in [1.29, 1.82) is 0 Å². The fraction of sp³-hybridized carbons (Fsp3) is 0.267. The molecule has 3 N–H and O–H groups in total. The summed E-state index contributed by atoms with van der Waals surface area (Å²) in [6, 6.07) is 8.06. The Morgan fingerprint density at radius 1 is 1.35 bits per heavy atom. The molecule has 1 aromatic heterocycles. The van der Waals surface area contributed by atoms with Gasteiger partial charge in [-0.15, -0.1) is 11.3 Å². The van der Waals surface area contributed by atoms with Gasteiger partial charge in [0.15, 0.2) is 5.78 Å². The van der Waals surface area contributed by atoms with Gasteiger partial charge in [-0.3, -0.25) is 4.79 Å². The van der Waals surface area contributed by atoms with Crippen molar-refractivity contribution in [3.8, 4) is 0 Å². The van der Waals surface area contributed by atoms with Crippen LogP contribution in [0.1, 0.15) is 29.1 Å². The van der Waals surface area contributed by atoms with Gasteiger partial charge in [0.25, 0.3) is 0 Å². The summed E-state index contributed by atoms with van der Waals surface area (Å²) in [4.78, 5) is 12.6. The molecule has 3 nitrogen and oxygen atoms in total. The van der Waals surface area contributed by atoms with E-state index in [-0.39, 0.29) is 17.5 Å². The number of nitrogens with two attached hydrogens (primary N) is 1. The Hall–Kier alpha value is -1.88. The molecule has 0 saturated heterocycles. The number of benzene rings is 1. The average Bonchev–Trinajstić information content (AvgIpc) is 2.78. The highest BCUT2D eigenvalue weighted by Gasteiger charge is 2.17. The third kappa shape index (κ3) is 3.36. The quantitative estimate of drug-likeness (QED) is 0.821. The Balaban J connectivity index is 2.05. The van der Waals surface area contributed by atoms with Gasteiger partial charge in [0.05, 0.1) is 15.6 Å². The Morgan fingerprint density at radius 2 is 2.00 bits per heavy atom. The van der Waals surface area contributed by atoms with Crippen LogP contribution in [0, 0.1) is 11.7 Å². The first-order chi connectivity index (χ1) is 9.47. The van der Waals surface area contributed by atoms with Crippen LogP contribution in [-0.4, -0.2) is 5.78 Å². The van der Waals surface area contributed by atoms with Crippen LogP contribution in [0.15, 0.2) is 30.3 Å². The van der Waals surface area contributed by atoms with E-state index in [4.69, 9.17) is 5.73 Å². The van der Waals surface area contributed by atoms with E-state index in [9.17, 15) is 9.18 Å². The van der Waals surface area contributed by atoms with Gasteiger partial charge in [-0.05, 0) is 23.8 Å². The molecule has 0 unspecified atom stereocenters. The number of hydrogen-bond acceptors (Lipinski definition) is 4. The maximum Gasteiger partial charge on any atom is 0.177 e. The molecule has 0 aliphatic carbocycles. The molecule has 0 radical (unpaired) electrons. The molecule has 2 aromatic rings. The van der Waals surface area contributed by atoms with E-state index in [2.05, 4.69) is 5.32 Å². The minimum atomic E-state index is -0.251. The molecule has 106 valence electrons. The fourth-order valence-electron chi connectivity index (χ4n) is 1.74. The van der Waals surface area contributed by atoms with Crippen LogP contribution in [0.25, 0.3) is 0 Å². The average molecular weight is 292 g/mol. The minimum absolute atomic E-state index is 0.0577. The number of Topliss-reactive ketones (excluding diaryl/α,β-unsaturated/α-hetero) is 1. The van der Waals surface area contributed by atoms with Crippen molar-refractivity contribution < 1.29 is 9.18 Å². The van der Waals surface area contributed by atoms with Crippen molar-refractivity contribution in [3.63, 3.8) is 0 Å². The number of nitrogens with one attached hydrogen (secondary N) is 1. The summed E-state index contributed by atoms with van der Waals surface area (Å²) in [5.74, 6) is -0.262. The van der Waals surface area contributed by atoms with Crippen LogP contribution in [0.4, 0.5) is 15.1 Å². The van der Waals surface area contributed by atoms with Gasteiger partial charge < -0.3 is 11.1 Å². The summed E-state index contributed by atoms with van der Waals surface area (Å²) >= 11 is 1.36. The van der Waals surface area contributed by atoms with Crippen LogP contribution >= 0.6 is 11.3 Å². The molecule has 20 heavy (non-hydrogen) atoms. The van der Waals surface area contributed by atoms with Crippen molar-refractivity contribution >= 4 is 27.8 Å². The first-order valence-corrected chi connectivity index (χ1v) is 7.21. The van der Waals surface area contributed by atoms with Crippen molar-refractivity contribution in [3.05, 3.63) is 46.6 Å². The number of rotatable bonds is 5. The number of halogens is 1. The SMILES string of the molecule is CC(C)C(=O)c1sc(NCc2ccc(F)cc2)cc1N. The van der Waals surface area contributed by atoms with Crippen LogP contribution in [0.2, 0.25) is 0 Å². The van der Waals surface area contributed by atoms with E-state index in [1.807, 2.05) is 13.8 Å². The van der Waals surface area contributed by atoms with Crippen molar-refractivity contribution in [1.82, 2.24) is 0 Å². The third-order valence-electron chi connectivity index (χ3n) is 2.89. The van der Waals surface area contributed by atoms with E-state index in [1.54, 1.807) is 18.2 Å². The number of anilines is 2. The first kappa shape index (κ1) is 14.5. The molecule has 0 amide bonds. The molecule has 1 aromatic carbocycles. The Kier molecular flexibility index (Phi) is 4.39. The predicted molar refractivity (Wildman–Crippen MR) is 81.6 cm³/mol. The second kappa shape index (κ2) is 6.05. The number of hydrogen-bond donors (Lipinski definition) is 2. The number of thiophene rings is 1. The Morgan fingerprint density at radius 3 is 2.60 bits per heavy atom. The molecule has 0 spiro atoms. The Labute approximate surface area is 121 Å². The predicted octanol–water partition coefficient (Wildman–Crippen LogP) is 3.92. The maximum absolute atomic E-state index is 12.8. The standard InChI is InChI=1S/C15H17FN2OS/c1-9(2)14(19)15-12(17)7-13(20-15)18-8-10-3-5-11(16)6-4-10/h3-7,9,18H,8,17H2,1-2H3. The lowest BCUT2D eigenvalue weighted by Crippen LogP contribution is -2.07. The van der Waals surface area contributed by atoms with E-state index in [1.165, 1.54) is 23.5 Å².